The summed E-state index contributed by atoms with van der Waals surface area (Å²) in [7, 11) is 0. The Hall–Kier alpha value is -18.1. The van der Waals surface area contributed by atoms with E-state index >= 15 is 0 Å². The number of fused-ring (bicyclic) bond motifs is 26. The molecular formula is C130H81N5O. The van der Waals surface area contributed by atoms with Crippen molar-refractivity contribution in [3.63, 3.8) is 0 Å². The van der Waals surface area contributed by atoms with Gasteiger partial charge in [0.05, 0.1) is 22.4 Å². The molecule has 0 aliphatic heterocycles. The predicted molar refractivity (Wildman–Crippen MR) is 576 cm³/mol. The van der Waals surface area contributed by atoms with Crippen molar-refractivity contribution in [2.75, 3.05) is 4.90 Å². The van der Waals surface area contributed by atoms with Gasteiger partial charge < -0.3 is 9.32 Å². The Morgan fingerprint density at radius 3 is 1.11 bits per heavy atom. The second-order valence-corrected chi connectivity index (χ2v) is 35.3. The summed E-state index contributed by atoms with van der Waals surface area (Å²) in [5, 5.41) is 34.7. The molecular weight excluding hydrogens is 1650 g/mol. The third-order valence-corrected chi connectivity index (χ3v) is 27.5. The van der Waals surface area contributed by atoms with Crippen LogP contribution >= 0.6 is 0 Å². The van der Waals surface area contributed by atoms with Crippen molar-refractivity contribution < 1.29 is 4.42 Å². The molecule has 28 aromatic rings. The van der Waals surface area contributed by atoms with E-state index in [1.807, 2.05) is 48.5 Å². The second-order valence-electron chi connectivity index (χ2n) is 35.3. The van der Waals surface area contributed by atoms with Crippen molar-refractivity contribution in [3.8, 4) is 78.7 Å². The predicted octanol–water partition coefficient (Wildman–Crippen LogP) is 35.8. The summed E-state index contributed by atoms with van der Waals surface area (Å²) >= 11 is 0. The molecule has 0 unspecified atom stereocenters. The molecule has 0 radical (unpaired) electrons. The van der Waals surface area contributed by atoms with E-state index in [1.165, 1.54) is 152 Å². The van der Waals surface area contributed by atoms with E-state index in [0.29, 0.717) is 5.82 Å². The number of nitrogens with zero attached hydrogens (tertiary/aromatic N) is 5. The van der Waals surface area contributed by atoms with Gasteiger partial charge in [0.25, 0.3) is 0 Å². The van der Waals surface area contributed by atoms with Crippen LogP contribution in [0, 0.1) is 0 Å². The molecule has 0 spiro atoms. The zero-order valence-corrected chi connectivity index (χ0v) is 73.9. The van der Waals surface area contributed by atoms with Crippen LogP contribution in [0.2, 0.25) is 0 Å². The Kier molecular flexibility index (Phi) is 19.2. The topological polar surface area (TPSA) is 67.9 Å². The van der Waals surface area contributed by atoms with E-state index in [-0.39, 0.29) is 0 Å². The average molecular weight is 1730 g/mol. The molecule has 0 amide bonds. The lowest BCUT2D eigenvalue weighted by Gasteiger charge is -2.26. The average Bonchev–Trinajstić information content (AvgIpc) is 1.50. The summed E-state index contributed by atoms with van der Waals surface area (Å²) in [6.07, 6.45) is 0. The maximum atomic E-state index is 6.28. The van der Waals surface area contributed by atoms with Crippen LogP contribution in [0.5, 0.6) is 0 Å². The largest absolute Gasteiger partial charge is 0.456 e. The van der Waals surface area contributed by atoms with Gasteiger partial charge >= 0.3 is 0 Å². The molecule has 3 aromatic heterocycles. The van der Waals surface area contributed by atoms with Crippen molar-refractivity contribution in [1.82, 2.24) is 19.9 Å². The number of rotatable bonds is 10. The standard InChI is InChI=1S/C48H28N2O.C42H26N2.C40H27N/c1-2-10-31(11-3-1)48-49-42-28-33(21-26-39(42)47(50-48)41-14-8-16-44-46(41)40-13-6-7-15-43(40)51-44)32-20-23-35-34(27-32)22-25-38-37(35)24-19-30-18-17-29-9-4-5-12-36(29)45(30)38;1-2-8-27(9-3-1)28-14-18-31(19-15-28)41-38-12-6-7-13-39(38)43-42(44-41)33-22-23-34-32(26-33)21-25-37-36(34)24-20-30-17-16-29-10-4-5-11-35(29)40(30)37;1-3-9-28(10-4-1)29-17-21-34(22-18-29)41(33-12-5-2-6-13-33)35-23-26-37-32(27-35)16-15-31-20-24-38-36-14-8-7-11-30(36)19-25-39(38)40(31)37/h1-28H;1-26H;1-27H. The third kappa shape index (κ3) is 13.9. The Labute approximate surface area is 783 Å². The fraction of sp³-hybridized carbons (Fsp3) is 0. The summed E-state index contributed by atoms with van der Waals surface area (Å²) in [5.74, 6) is 1.43. The van der Waals surface area contributed by atoms with E-state index in [1.54, 1.807) is 0 Å². The molecule has 0 fully saturated rings. The number of para-hydroxylation sites is 3. The Bertz CT molecular complexity index is 9660. The molecule has 6 nitrogen and oxygen atoms in total. The van der Waals surface area contributed by atoms with Crippen molar-refractivity contribution in [3.05, 3.63) is 491 Å². The second kappa shape index (κ2) is 33.1. The van der Waals surface area contributed by atoms with Gasteiger partial charge in [-0.25, -0.2) is 19.9 Å². The molecule has 3 heterocycles. The van der Waals surface area contributed by atoms with Crippen LogP contribution in [0.4, 0.5) is 17.1 Å². The molecule has 0 aliphatic rings. The van der Waals surface area contributed by atoms with Crippen molar-refractivity contribution in [2.24, 2.45) is 0 Å². The number of furan rings is 1. The highest BCUT2D eigenvalue weighted by atomic mass is 16.3. The van der Waals surface area contributed by atoms with E-state index in [2.05, 4.69) is 448 Å². The minimum absolute atomic E-state index is 0.699. The summed E-state index contributed by atoms with van der Waals surface area (Å²) < 4.78 is 6.28. The molecule has 136 heavy (non-hydrogen) atoms. The van der Waals surface area contributed by atoms with Crippen molar-refractivity contribution in [2.45, 2.75) is 0 Å². The van der Waals surface area contributed by atoms with Crippen molar-refractivity contribution in [1.29, 1.82) is 0 Å². The molecule has 0 N–H and O–H groups in total. The quantitative estimate of drug-likeness (QED) is 0.127. The van der Waals surface area contributed by atoms with Gasteiger partial charge in [0, 0.05) is 60.9 Å². The van der Waals surface area contributed by atoms with Crippen LogP contribution < -0.4 is 4.90 Å². The Morgan fingerprint density at radius 2 is 0.500 bits per heavy atom. The molecule has 6 heteroatoms. The van der Waals surface area contributed by atoms with Gasteiger partial charge in [-0.3, -0.25) is 0 Å². The van der Waals surface area contributed by atoms with Crippen molar-refractivity contribution >= 4 is 190 Å². The lowest BCUT2D eigenvalue weighted by molar-refractivity contribution is 0.669. The van der Waals surface area contributed by atoms with Gasteiger partial charge in [0.15, 0.2) is 11.6 Å². The summed E-state index contributed by atoms with van der Waals surface area (Å²) in [4.78, 5) is 23.0. The number of anilines is 3. The van der Waals surface area contributed by atoms with Crippen LogP contribution in [0.25, 0.3) is 252 Å². The maximum Gasteiger partial charge on any atom is 0.160 e. The summed E-state index contributed by atoms with van der Waals surface area (Å²) in [5.41, 5.74) is 20.0. The number of benzene rings is 25. The maximum absolute atomic E-state index is 6.28. The lowest BCUT2D eigenvalue weighted by Crippen LogP contribution is -2.09. The molecule has 0 atom stereocenters. The van der Waals surface area contributed by atoms with E-state index in [4.69, 9.17) is 24.4 Å². The van der Waals surface area contributed by atoms with E-state index in [9.17, 15) is 0 Å². The van der Waals surface area contributed by atoms with E-state index in [0.717, 1.165) is 111 Å². The summed E-state index contributed by atoms with van der Waals surface area (Å²) in [6, 6.07) is 176. The Morgan fingerprint density at radius 1 is 0.154 bits per heavy atom. The first kappa shape index (κ1) is 78.9. The normalized spacial score (nSPS) is 11.7. The SMILES string of the molecule is c1ccc(-c2ccc(-c3nc(-c4ccc5c(ccc6c5ccc5ccc7ccccc7c56)c4)nc4ccccc34)cc2)cc1.c1ccc(-c2ccc(N(c3ccccc3)c3ccc4c(ccc5ccc6c7ccccc7ccc6c54)c3)cc2)cc1.c1ccc(-c2nc(-c3cccc4oc5ccccc5c34)c3ccc(-c4ccc5c(ccc6c5ccc5ccc7ccccc7c56)c4)cc3n2)cc1. The van der Waals surface area contributed by atoms with Crippen LogP contribution in [0.15, 0.2) is 496 Å². The number of hydrogen-bond donors (Lipinski definition) is 0. The molecule has 25 aromatic carbocycles. The minimum Gasteiger partial charge on any atom is -0.456 e. The first-order valence-electron chi connectivity index (χ1n) is 46.4. The van der Waals surface area contributed by atoms with Gasteiger partial charge in [-0.05, 0) is 242 Å². The molecule has 28 rings (SSSR count). The minimum atomic E-state index is 0.699. The molecule has 0 bridgehead atoms. The van der Waals surface area contributed by atoms with Crippen LogP contribution in [-0.4, -0.2) is 19.9 Å². The van der Waals surface area contributed by atoms with Gasteiger partial charge in [0.2, 0.25) is 0 Å². The summed E-state index contributed by atoms with van der Waals surface area (Å²) in [6.45, 7) is 0. The fourth-order valence-electron chi connectivity index (χ4n) is 20.9. The third-order valence-electron chi connectivity index (χ3n) is 27.5. The highest BCUT2D eigenvalue weighted by Crippen LogP contribution is 2.47. The van der Waals surface area contributed by atoms with E-state index < -0.39 is 0 Å². The first-order valence-corrected chi connectivity index (χ1v) is 46.4. The first-order chi connectivity index (χ1) is 67.4. The number of aromatic nitrogens is 4. The van der Waals surface area contributed by atoms with Gasteiger partial charge in [0.1, 0.15) is 11.2 Å². The smallest absolute Gasteiger partial charge is 0.160 e. The number of hydrogen-bond acceptors (Lipinski definition) is 6. The molecule has 0 saturated heterocycles. The highest BCUT2D eigenvalue weighted by molar-refractivity contribution is 6.28. The molecule has 632 valence electrons. The molecule has 0 aliphatic carbocycles. The zero-order valence-electron chi connectivity index (χ0n) is 73.9. The van der Waals surface area contributed by atoms with Gasteiger partial charge in [-0.2, -0.15) is 0 Å². The van der Waals surface area contributed by atoms with Gasteiger partial charge in [-0.15, -0.1) is 0 Å². The Balaban J connectivity index is 0.000000107. The fourth-order valence-corrected chi connectivity index (χ4v) is 20.9. The van der Waals surface area contributed by atoms with Crippen LogP contribution in [0.1, 0.15) is 0 Å². The monoisotopic (exact) mass is 1730 g/mol. The zero-order chi connectivity index (χ0) is 89.7. The van der Waals surface area contributed by atoms with Gasteiger partial charge in [-0.1, -0.05) is 413 Å². The van der Waals surface area contributed by atoms with Crippen LogP contribution in [0.3, 0.4) is 0 Å². The van der Waals surface area contributed by atoms with Crippen LogP contribution in [-0.2, 0) is 0 Å². The highest BCUT2D eigenvalue weighted by Gasteiger charge is 2.23. The molecule has 0 saturated carbocycles. The lowest BCUT2D eigenvalue weighted by atomic mass is 9.92.